The number of benzene rings is 3. The number of phenolic OH excluding ortho intramolecular Hbond substituents is 1. The lowest BCUT2D eigenvalue weighted by Crippen LogP contribution is -2.42. The molecule has 5 rings (SSSR count). The van der Waals surface area contributed by atoms with Gasteiger partial charge in [0.2, 0.25) is 0 Å². The molecule has 0 saturated carbocycles. The Kier molecular flexibility index (Phi) is 11.5. The molecule has 1 aliphatic rings. The zero-order chi connectivity index (χ0) is 32.6. The van der Waals surface area contributed by atoms with Crippen LogP contribution in [0.2, 0.25) is 0 Å². The van der Waals surface area contributed by atoms with Gasteiger partial charge in [-0.2, -0.15) is 10.5 Å². The number of hydroxylamine groups is 1. The van der Waals surface area contributed by atoms with Crippen molar-refractivity contribution in [1.29, 1.82) is 10.5 Å². The van der Waals surface area contributed by atoms with E-state index in [2.05, 4.69) is 16.3 Å². The smallest absolute Gasteiger partial charge is 0.267 e. The van der Waals surface area contributed by atoms with Crippen LogP contribution in [-0.4, -0.2) is 47.4 Å². The first-order valence-corrected chi connectivity index (χ1v) is 14.5. The SMILES string of the molecule is COc1ccc(-c2cnc(N3CCC(NCc4ccc(/C=C/C(=O)NO)cc4)CC3)c(C#N)c2-c2ccc(C#N)c(F)c2)cc1O.Cl. The van der Waals surface area contributed by atoms with E-state index in [-0.39, 0.29) is 41.1 Å². The summed E-state index contributed by atoms with van der Waals surface area (Å²) in [6, 6.07) is 21.2. The molecule has 1 amide bonds. The molecular weight excluding hydrogens is 623 g/mol. The zero-order valence-electron chi connectivity index (χ0n) is 25.4. The standard InChI is InChI=1S/C35H31FN6O4.ClH/c1-46-32-10-9-24(17-31(32)43)29-21-40-35(28(19-38)34(29)25-7-8-26(18-37)30(36)16-25)42-14-12-27(13-15-42)39-20-23-4-2-22(3-5-23)6-11-33(44)41-45;/h2-11,16-17,21,27,39,43,45H,12-15,20H2,1H3,(H,41,44);1H/b11-6+;. The van der Waals surface area contributed by atoms with Crippen molar-refractivity contribution >= 4 is 30.2 Å². The summed E-state index contributed by atoms with van der Waals surface area (Å²) in [6.45, 7) is 1.94. The van der Waals surface area contributed by atoms with Gasteiger partial charge < -0.3 is 20.1 Å². The van der Waals surface area contributed by atoms with Gasteiger partial charge in [0.05, 0.1) is 12.7 Å². The number of phenols is 1. The van der Waals surface area contributed by atoms with Crippen molar-refractivity contribution in [3.63, 3.8) is 0 Å². The number of pyridine rings is 1. The van der Waals surface area contributed by atoms with Crippen LogP contribution in [0.25, 0.3) is 28.3 Å². The van der Waals surface area contributed by atoms with Gasteiger partial charge in [0, 0.05) is 49.1 Å². The Morgan fingerprint density at radius 3 is 2.43 bits per heavy atom. The van der Waals surface area contributed by atoms with Crippen LogP contribution in [0.3, 0.4) is 0 Å². The molecule has 0 atom stereocenters. The van der Waals surface area contributed by atoms with Crippen molar-refractivity contribution in [2.45, 2.75) is 25.4 Å². The number of piperidine rings is 1. The molecule has 1 saturated heterocycles. The Bertz CT molecular complexity index is 1860. The average molecular weight is 655 g/mol. The first kappa shape index (κ1) is 34.4. The van der Waals surface area contributed by atoms with Crippen molar-refractivity contribution < 1.29 is 24.2 Å². The van der Waals surface area contributed by atoms with E-state index < -0.39 is 11.7 Å². The molecule has 1 fully saturated rings. The van der Waals surface area contributed by atoms with Crippen molar-refractivity contribution in [3.8, 4) is 45.9 Å². The van der Waals surface area contributed by atoms with Gasteiger partial charge >= 0.3 is 0 Å². The van der Waals surface area contributed by atoms with Gasteiger partial charge in [-0.3, -0.25) is 10.0 Å². The number of ether oxygens (including phenoxy) is 1. The van der Waals surface area contributed by atoms with Gasteiger partial charge in [-0.1, -0.05) is 36.4 Å². The van der Waals surface area contributed by atoms with Gasteiger partial charge in [0.25, 0.3) is 5.91 Å². The van der Waals surface area contributed by atoms with Crippen molar-refractivity contribution in [2.24, 2.45) is 0 Å². The van der Waals surface area contributed by atoms with Crippen LogP contribution < -0.4 is 20.4 Å². The first-order valence-electron chi connectivity index (χ1n) is 14.5. The van der Waals surface area contributed by atoms with E-state index >= 15 is 0 Å². The number of nitriles is 2. The number of anilines is 1. The third kappa shape index (κ3) is 7.86. The largest absolute Gasteiger partial charge is 0.504 e. The maximum atomic E-state index is 14.8. The Morgan fingerprint density at radius 2 is 1.81 bits per heavy atom. The third-order valence-corrected chi connectivity index (χ3v) is 7.95. The Morgan fingerprint density at radius 1 is 1.09 bits per heavy atom. The molecule has 0 spiro atoms. The quantitative estimate of drug-likeness (QED) is 0.101. The van der Waals surface area contributed by atoms with E-state index in [1.54, 1.807) is 36.0 Å². The van der Waals surface area contributed by atoms with E-state index in [1.807, 2.05) is 30.3 Å². The summed E-state index contributed by atoms with van der Waals surface area (Å²) in [7, 11) is 1.45. The lowest BCUT2D eigenvalue weighted by molar-refractivity contribution is -0.124. The molecule has 4 N–H and O–H groups in total. The van der Waals surface area contributed by atoms with Crippen LogP contribution in [0.15, 0.2) is 72.9 Å². The summed E-state index contributed by atoms with van der Waals surface area (Å²) < 4.78 is 20.0. The molecule has 47 heavy (non-hydrogen) atoms. The summed E-state index contributed by atoms with van der Waals surface area (Å²) in [5, 5.41) is 42.4. The third-order valence-electron chi connectivity index (χ3n) is 7.95. The molecule has 1 aliphatic heterocycles. The second kappa shape index (κ2) is 15.7. The van der Waals surface area contributed by atoms with Gasteiger partial charge in [-0.15, -0.1) is 12.4 Å². The Hall–Kier alpha value is -5.46. The fraction of sp³-hybridized carbons (Fsp3) is 0.200. The second-order valence-corrected chi connectivity index (χ2v) is 10.7. The number of nitrogens with one attached hydrogen (secondary N) is 2. The number of carbonyl (C=O) groups excluding carboxylic acids is 1. The predicted molar refractivity (Wildman–Crippen MR) is 177 cm³/mol. The molecule has 0 unspecified atom stereocenters. The summed E-state index contributed by atoms with van der Waals surface area (Å²) in [5.41, 5.74) is 5.60. The summed E-state index contributed by atoms with van der Waals surface area (Å²) >= 11 is 0. The fourth-order valence-electron chi connectivity index (χ4n) is 5.50. The van der Waals surface area contributed by atoms with E-state index in [9.17, 15) is 24.8 Å². The highest BCUT2D eigenvalue weighted by Gasteiger charge is 2.26. The predicted octanol–water partition coefficient (Wildman–Crippen LogP) is 5.71. The molecular formula is C35H32ClFN6O4. The Labute approximate surface area is 277 Å². The molecule has 0 aliphatic carbocycles. The van der Waals surface area contributed by atoms with Gasteiger partial charge in [0.15, 0.2) is 11.5 Å². The number of nitrogens with zero attached hydrogens (tertiary/aromatic N) is 4. The van der Waals surface area contributed by atoms with Crippen molar-refractivity contribution in [1.82, 2.24) is 15.8 Å². The number of methoxy groups -OCH3 is 1. The zero-order valence-corrected chi connectivity index (χ0v) is 26.2. The maximum absolute atomic E-state index is 14.8. The second-order valence-electron chi connectivity index (χ2n) is 10.7. The minimum absolute atomic E-state index is 0. The summed E-state index contributed by atoms with van der Waals surface area (Å²) in [4.78, 5) is 17.9. The lowest BCUT2D eigenvalue weighted by Gasteiger charge is -2.34. The highest BCUT2D eigenvalue weighted by atomic mass is 35.5. The highest BCUT2D eigenvalue weighted by Crippen LogP contribution is 2.41. The van der Waals surface area contributed by atoms with Gasteiger partial charge in [-0.05, 0) is 65.4 Å². The van der Waals surface area contributed by atoms with Crippen LogP contribution >= 0.6 is 12.4 Å². The number of hydrogen-bond acceptors (Lipinski definition) is 9. The monoisotopic (exact) mass is 654 g/mol. The van der Waals surface area contributed by atoms with Crippen LogP contribution in [0.1, 0.15) is 35.1 Å². The molecule has 10 nitrogen and oxygen atoms in total. The number of aromatic hydroxyl groups is 1. The summed E-state index contributed by atoms with van der Waals surface area (Å²) in [5.74, 6) is -0.607. The number of halogens is 2. The number of aromatic nitrogens is 1. The van der Waals surface area contributed by atoms with Crippen molar-refractivity contribution in [3.05, 3.63) is 101 Å². The first-order chi connectivity index (χ1) is 22.3. The molecule has 12 heteroatoms. The van der Waals surface area contributed by atoms with Crippen molar-refractivity contribution in [2.75, 3.05) is 25.1 Å². The van der Waals surface area contributed by atoms with E-state index in [0.717, 1.165) is 24.0 Å². The molecule has 0 radical (unpaired) electrons. The fourth-order valence-corrected chi connectivity index (χ4v) is 5.50. The molecule has 2 heterocycles. The van der Waals surface area contributed by atoms with Crippen LogP contribution in [0.4, 0.5) is 10.2 Å². The highest BCUT2D eigenvalue weighted by molar-refractivity contribution is 5.91. The normalized spacial score (nSPS) is 13.0. The molecule has 3 aromatic carbocycles. The number of rotatable bonds is 9. The van der Waals surface area contributed by atoms with E-state index in [1.165, 1.54) is 31.4 Å². The van der Waals surface area contributed by atoms with Crippen LogP contribution in [0, 0.1) is 28.5 Å². The maximum Gasteiger partial charge on any atom is 0.267 e. The minimum Gasteiger partial charge on any atom is -0.504 e. The van der Waals surface area contributed by atoms with Crippen LogP contribution in [-0.2, 0) is 11.3 Å². The number of hydrogen-bond donors (Lipinski definition) is 4. The molecule has 1 aromatic heterocycles. The van der Waals surface area contributed by atoms with Gasteiger partial charge in [0.1, 0.15) is 29.3 Å². The number of amides is 1. The molecule has 240 valence electrons. The minimum atomic E-state index is -0.696. The molecule has 0 bridgehead atoms. The van der Waals surface area contributed by atoms with Gasteiger partial charge in [-0.25, -0.2) is 14.9 Å². The average Bonchev–Trinajstić information content (AvgIpc) is 3.09. The summed E-state index contributed by atoms with van der Waals surface area (Å²) in [6.07, 6.45) is 6.09. The van der Waals surface area contributed by atoms with E-state index in [4.69, 9.17) is 14.9 Å². The topological polar surface area (TPSA) is 155 Å². The Balaban J connectivity index is 0.00000500. The molecule has 4 aromatic rings. The van der Waals surface area contributed by atoms with E-state index in [0.29, 0.717) is 47.7 Å². The number of carbonyl (C=O) groups is 1. The lowest BCUT2D eigenvalue weighted by atomic mass is 9.91. The van der Waals surface area contributed by atoms with Crippen LogP contribution in [0.5, 0.6) is 11.5 Å².